The number of hydrogen-bond donors (Lipinski definition) is 2. The predicted octanol–water partition coefficient (Wildman–Crippen LogP) is 2.84. The zero-order chi connectivity index (χ0) is 10.1. The van der Waals surface area contributed by atoms with Gasteiger partial charge in [0.05, 0.1) is 18.2 Å². The Kier molecular flexibility index (Phi) is 2.36. The van der Waals surface area contributed by atoms with Crippen LogP contribution >= 0.6 is 24.0 Å². The van der Waals surface area contributed by atoms with Gasteiger partial charge in [-0.3, -0.25) is 0 Å². The Hall–Kier alpha value is -1.18. The minimum atomic E-state index is 0.344. The van der Waals surface area contributed by atoms with Gasteiger partial charge in [-0.1, -0.05) is 0 Å². The maximum atomic E-state index is 8.71. The molecule has 0 fully saturated rings. The van der Waals surface area contributed by atoms with E-state index < -0.39 is 0 Å². The van der Waals surface area contributed by atoms with Crippen LogP contribution in [-0.2, 0) is 6.42 Å². The van der Waals surface area contributed by atoms with E-state index in [9.17, 15) is 0 Å². The average Bonchev–Trinajstić information content (AvgIpc) is 2.60. The normalized spacial score (nSPS) is 10.3. The summed E-state index contributed by atoms with van der Waals surface area (Å²) in [6, 6.07) is 6.08. The summed E-state index contributed by atoms with van der Waals surface area (Å²) in [4.78, 5) is 0.751. The first-order chi connectivity index (χ1) is 6.74. The molecule has 2 rings (SSSR count). The summed E-state index contributed by atoms with van der Waals surface area (Å²) in [5.41, 5.74) is 7.41. The second kappa shape index (κ2) is 3.52. The van der Waals surface area contributed by atoms with Crippen LogP contribution in [0.5, 0.6) is 0 Å². The lowest BCUT2D eigenvalue weighted by molar-refractivity contribution is 1.27. The Labute approximate surface area is 91.4 Å². The first-order valence-corrected chi connectivity index (χ1v) is 5.41. The third-order valence-electron chi connectivity index (χ3n) is 2.12. The van der Waals surface area contributed by atoms with E-state index in [4.69, 9.17) is 11.0 Å². The van der Waals surface area contributed by atoms with Gasteiger partial charge in [0.1, 0.15) is 0 Å². The van der Waals surface area contributed by atoms with Gasteiger partial charge >= 0.3 is 0 Å². The van der Waals surface area contributed by atoms with E-state index >= 15 is 0 Å². The van der Waals surface area contributed by atoms with Crippen molar-refractivity contribution in [2.45, 2.75) is 11.3 Å². The quantitative estimate of drug-likeness (QED) is 0.573. The van der Waals surface area contributed by atoms with Gasteiger partial charge in [-0.25, -0.2) is 0 Å². The highest BCUT2D eigenvalue weighted by atomic mass is 32.1. The maximum absolute atomic E-state index is 8.71. The van der Waals surface area contributed by atoms with Crippen molar-refractivity contribution in [3.63, 3.8) is 0 Å². The number of nitrogens with two attached hydrogens (primary N) is 1. The number of thiol groups is 1. The zero-order valence-electron chi connectivity index (χ0n) is 7.32. The summed E-state index contributed by atoms with van der Waals surface area (Å²) in [5, 5.41) is 11.8. The van der Waals surface area contributed by atoms with E-state index in [0.29, 0.717) is 12.1 Å². The molecule has 0 saturated carbocycles. The van der Waals surface area contributed by atoms with E-state index in [0.717, 1.165) is 20.5 Å². The molecule has 0 atom stereocenters. The predicted molar refractivity (Wildman–Crippen MR) is 62.8 cm³/mol. The summed E-state index contributed by atoms with van der Waals surface area (Å²) in [5.74, 6) is 0. The number of thiophene rings is 1. The molecule has 0 aliphatic rings. The van der Waals surface area contributed by atoms with Crippen LogP contribution in [-0.4, -0.2) is 0 Å². The molecule has 4 heteroatoms. The number of benzene rings is 1. The van der Waals surface area contributed by atoms with E-state index in [1.54, 1.807) is 11.3 Å². The molecule has 0 unspecified atom stereocenters. The Morgan fingerprint density at radius 3 is 3.07 bits per heavy atom. The molecule has 2 nitrogen and oxygen atoms in total. The lowest BCUT2D eigenvalue weighted by Crippen LogP contribution is -1.95. The summed E-state index contributed by atoms with van der Waals surface area (Å²) in [6.45, 7) is 0. The Bertz CT molecular complexity index is 523. The summed E-state index contributed by atoms with van der Waals surface area (Å²) >= 11 is 5.89. The Balaban J connectivity index is 2.81. The summed E-state index contributed by atoms with van der Waals surface area (Å²) in [7, 11) is 0. The van der Waals surface area contributed by atoms with Crippen LogP contribution in [0.25, 0.3) is 10.1 Å². The smallest absolute Gasteiger partial charge is 0.0671 e. The fraction of sp³-hybridized carbons (Fsp3) is 0.100. The molecule has 1 aromatic heterocycles. The van der Waals surface area contributed by atoms with E-state index in [-0.39, 0.29) is 0 Å². The summed E-state index contributed by atoms with van der Waals surface area (Å²) < 4.78 is 1.10. The van der Waals surface area contributed by atoms with Crippen molar-refractivity contribution in [3.05, 3.63) is 23.1 Å². The molecular formula is C10H8N2S2. The van der Waals surface area contributed by atoms with Crippen LogP contribution in [0.15, 0.2) is 22.4 Å². The molecule has 0 bridgehead atoms. The molecule has 0 amide bonds. The minimum Gasteiger partial charge on any atom is -0.398 e. The highest BCUT2D eigenvalue weighted by molar-refractivity contribution is 7.80. The van der Waals surface area contributed by atoms with Gasteiger partial charge in [-0.05, 0) is 22.9 Å². The minimum absolute atomic E-state index is 0.344. The molecule has 14 heavy (non-hydrogen) atoms. The fourth-order valence-corrected chi connectivity index (χ4v) is 2.65. The number of hydrogen-bond acceptors (Lipinski definition) is 4. The topological polar surface area (TPSA) is 49.8 Å². The Morgan fingerprint density at radius 1 is 1.57 bits per heavy atom. The van der Waals surface area contributed by atoms with E-state index in [1.165, 1.54) is 0 Å². The third kappa shape index (κ3) is 1.35. The molecule has 1 aromatic carbocycles. The first kappa shape index (κ1) is 9.38. The van der Waals surface area contributed by atoms with Gasteiger partial charge in [0, 0.05) is 15.2 Å². The van der Waals surface area contributed by atoms with Crippen molar-refractivity contribution >= 4 is 39.7 Å². The molecule has 2 aromatic rings. The molecule has 0 radical (unpaired) electrons. The van der Waals surface area contributed by atoms with Crippen LogP contribution in [0.2, 0.25) is 0 Å². The SMILES string of the molecule is N#CCc1c(N)c(S)cc2ccsc12. The van der Waals surface area contributed by atoms with Gasteiger partial charge < -0.3 is 5.73 Å². The average molecular weight is 220 g/mol. The van der Waals surface area contributed by atoms with Gasteiger partial charge in [0.2, 0.25) is 0 Å². The lowest BCUT2D eigenvalue weighted by Gasteiger charge is -2.06. The van der Waals surface area contributed by atoms with Crippen LogP contribution in [0.1, 0.15) is 5.56 Å². The summed E-state index contributed by atoms with van der Waals surface area (Å²) in [6.07, 6.45) is 0.344. The van der Waals surface area contributed by atoms with E-state index in [2.05, 4.69) is 18.7 Å². The van der Waals surface area contributed by atoms with E-state index in [1.807, 2.05) is 17.5 Å². The van der Waals surface area contributed by atoms with Crippen molar-refractivity contribution in [2.75, 3.05) is 5.73 Å². The molecule has 0 aliphatic carbocycles. The number of fused-ring (bicyclic) bond motifs is 1. The molecule has 70 valence electrons. The fourth-order valence-electron chi connectivity index (χ4n) is 1.43. The Morgan fingerprint density at radius 2 is 2.36 bits per heavy atom. The molecule has 0 spiro atoms. The van der Waals surface area contributed by atoms with Crippen molar-refractivity contribution in [2.24, 2.45) is 0 Å². The monoisotopic (exact) mass is 220 g/mol. The highest BCUT2D eigenvalue weighted by Gasteiger charge is 2.09. The molecule has 1 heterocycles. The number of rotatable bonds is 1. The van der Waals surface area contributed by atoms with Crippen LogP contribution in [0.3, 0.4) is 0 Å². The zero-order valence-corrected chi connectivity index (χ0v) is 9.03. The van der Waals surface area contributed by atoms with Crippen molar-refractivity contribution in [3.8, 4) is 6.07 Å². The standard InChI is InChI=1S/C10H8N2S2/c11-3-1-7-9(12)8(13)5-6-2-4-14-10(6)7/h2,4-5,13H,1,12H2. The molecule has 2 N–H and O–H groups in total. The van der Waals surface area contributed by atoms with Gasteiger partial charge in [-0.15, -0.1) is 24.0 Å². The largest absolute Gasteiger partial charge is 0.398 e. The van der Waals surface area contributed by atoms with Gasteiger partial charge in [-0.2, -0.15) is 5.26 Å². The van der Waals surface area contributed by atoms with Crippen LogP contribution in [0, 0.1) is 11.3 Å². The van der Waals surface area contributed by atoms with Crippen molar-refractivity contribution < 1.29 is 0 Å². The maximum Gasteiger partial charge on any atom is 0.0671 e. The number of nitriles is 1. The molecular weight excluding hydrogens is 212 g/mol. The second-order valence-corrected chi connectivity index (χ2v) is 4.36. The molecule has 0 aliphatic heterocycles. The first-order valence-electron chi connectivity index (χ1n) is 4.08. The molecule has 0 saturated heterocycles. The lowest BCUT2D eigenvalue weighted by atomic mass is 10.1. The van der Waals surface area contributed by atoms with Crippen molar-refractivity contribution in [1.82, 2.24) is 0 Å². The highest BCUT2D eigenvalue weighted by Crippen LogP contribution is 2.33. The second-order valence-electron chi connectivity index (χ2n) is 2.96. The number of nitrogens with zero attached hydrogens (tertiary/aromatic N) is 1. The van der Waals surface area contributed by atoms with Crippen LogP contribution in [0.4, 0.5) is 5.69 Å². The third-order valence-corrected chi connectivity index (χ3v) is 3.48. The van der Waals surface area contributed by atoms with Crippen molar-refractivity contribution in [1.29, 1.82) is 5.26 Å². The number of anilines is 1. The van der Waals surface area contributed by atoms with Gasteiger partial charge in [0.15, 0.2) is 0 Å². The number of nitrogen functional groups attached to an aromatic ring is 1. The van der Waals surface area contributed by atoms with Gasteiger partial charge in [0.25, 0.3) is 0 Å². The van der Waals surface area contributed by atoms with Crippen LogP contribution < -0.4 is 5.73 Å².